The van der Waals surface area contributed by atoms with Crippen molar-refractivity contribution < 1.29 is 37.4 Å². The molecule has 0 spiro atoms. The van der Waals surface area contributed by atoms with Gasteiger partial charge in [0.15, 0.2) is 12.3 Å². The van der Waals surface area contributed by atoms with Crippen molar-refractivity contribution in [2.45, 2.75) is 24.7 Å². The minimum atomic E-state index is -2.97. The van der Waals surface area contributed by atoms with Crippen LogP contribution in [-0.4, -0.2) is 46.8 Å². The van der Waals surface area contributed by atoms with Crippen molar-refractivity contribution >= 4 is 11.9 Å². The second kappa shape index (κ2) is 4.26. The second-order valence-corrected chi connectivity index (χ2v) is 3.51. The number of carbonyl (C=O) groups is 2. The fraction of sp³-hybridized carbons (Fsp3) is 0.750. The van der Waals surface area contributed by atoms with Crippen molar-refractivity contribution in [2.24, 2.45) is 11.8 Å². The zero-order valence-corrected chi connectivity index (χ0v) is 7.69. The Kier molecular flexibility index (Phi) is 3.39. The molecule has 92 valence electrons. The van der Waals surface area contributed by atoms with Crippen LogP contribution in [0.3, 0.4) is 0 Å². The monoisotopic (exact) mass is 244 g/mol. The molecular formula is C8H8F4O4. The lowest BCUT2D eigenvalue weighted by Crippen LogP contribution is -2.56. The molecule has 6 unspecified atom stereocenters. The molecule has 6 atom stereocenters. The van der Waals surface area contributed by atoms with Gasteiger partial charge < -0.3 is 10.2 Å². The topological polar surface area (TPSA) is 74.6 Å². The van der Waals surface area contributed by atoms with Gasteiger partial charge in [-0.05, 0) is 0 Å². The van der Waals surface area contributed by atoms with Gasteiger partial charge in [0.05, 0.1) is 0 Å². The molecule has 0 heterocycles. The third-order valence-electron chi connectivity index (χ3n) is 2.56. The highest BCUT2D eigenvalue weighted by Gasteiger charge is 2.58. The second-order valence-electron chi connectivity index (χ2n) is 3.51. The van der Waals surface area contributed by atoms with Crippen LogP contribution in [0.2, 0.25) is 0 Å². The van der Waals surface area contributed by atoms with Crippen molar-refractivity contribution in [3.8, 4) is 0 Å². The predicted molar refractivity (Wildman–Crippen MR) is 41.8 cm³/mol. The predicted octanol–water partition coefficient (Wildman–Crippen LogP) is 0.754. The Morgan fingerprint density at radius 3 is 1.12 bits per heavy atom. The molecule has 0 bridgehead atoms. The van der Waals surface area contributed by atoms with Crippen LogP contribution in [0.15, 0.2) is 0 Å². The van der Waals surface area contributed by atoms with E-state index in [1.165, 1.54) is 0 Å². The summed E-state index contributed by atoms with van der Waals surface area (Å²) in [7, 11) is 0. The molecule has 1 fully saturated rings. The van der Waals surface area contributed by atoms with Crippen LogP contribution in [-0.2, 0) is 9.59 Å². The third kappa shape index (κ3) is 1.83. The maximum Gasteiger partial charge on any atom is 0.310 e. The van der Waals surface area contributed by atoms with Crippen LogP contribution in [0, 0.1) is 11.8 Å². The summed E-state index contributed by atoms with van der Waals surface area (Å²) < 4.78 is 51.8. The minimum Gasteiger partial charge on any atom is -0.481 e. The number of hydrogen-bond donors (Lipinski definition) is 2. The average Bonchev–Trinajstić information content (AvgIpc) is 2.18. The molecule has 1 saturated carbocycles. The average molecular weight is 244 g/mol. The Morgan fingerprint density at radius 2 is 0.938 bits per heavy atom. The fourth-order valence-corrected chi connectivity index (χ4v) is 1.72. The van der Waals surface area contributed by atoms with Crippen LogP contribution < -0.4 is 0 Å². The SMILES string of the molecule is O=C(O)C1C(F)C(F)C(F)C(F)C1C(=O)O. The van der Waals surface area contributed by atoms with Gasteiger partial charge >= 0.3 is 11.9 Å². The summed E-state index contributed by atoms with van der Waals surface area (Å²) in [6, 6.07) is 0. The molecule has 1 aliphatic carbocycles. The maximum atomic E-state index is 13.1. The van der Waals surface area contributed by atoms with Gasteiger partial charge in [-0.15, -0.1) is 0 Å². The Hall–Kier alpha value is -1.34. The lowest BCUT2D eigenvalue weighted by atomic mass is 9.75. The van der Waals surface area contributed by atoms with Gasteiger partial charge in [0, 0.05) is 0 Å². The quantitative estimate of drug-likeness (QED) is 0.703. The van der Waals surface area contributed by atoms with Crippen molar-refractivity contribution in [1.82, 2.24) is 0 Å². The number of halogens is 4. The molecule has 1 rings (SSSR count). The summed E-state index contributed by atoms with van der Waals surface area (Å²) in [5, 5.41) is 17.0. The lowest BCUT2D eigenvalue weighted by molar-refractivity contribution is -0.172. The fourth-order valence-electron chi connectivity index (χ4n) is 1.72. The van der Waals surface area contributed by atoms with E-state index in [2.05, 4.69) is 0 Å². The van der Waals surface area contributed by atoms with E-state index < -0.39 is 48.5 Å². The molecule has 16 heavy (non-hydrogen) atoms. The molecule has 0 amide bonds. The third-order valence-corrected chi connectivity index (χ3v) is 2.56. The van der Waals surface area contributed by atoms with E-state index >= 15 is 0 Å². The number of aliphatic carboxylic acids is 2. The van der Waals surface area contributed by atoms with Crippen LogP contribution >= 0.6 is 0 Å². The molecular weight excluding hydrogens is 236 g/mol. The van der Waals surface area contributed by atoms with Crippen molar-refractivity contribution in [3.05, 3.63) is 0 Å². The molecule has 1 aliphatic rings. The smallest absolute Gasteiger partial charge is 0.310 e. The van der Waals surface area contributed by atoms with E-state index in [0.717, 1.165) is 0 Å². The normalized spacial score (nSPS) is 44.0. The Bertz CT molecular complexity index is 280. The molecule has 0 aromatic rings. The van der Waals surface area contributed by atoms with Gasteiger partial charge in [-0.3, -0.25) is 9.59 Å². The highest BCUT2D eigenvalue weighted by Crippen LogP contribution is 2.38. The molecule has 8 heteroatoms. The van der Waals surface area contributed by atoms with Gasteiger partial charge in [-0.1, -0.05) is 0 Å². The maximum absolute atomic E-state index is 13.1. The van der Waals surface area contributed by atoms with E-state index in [1.807, 2.05) is 0 Å². The molecule has 0 aliphatic heterocycles. The number of rotatable bonds is 2. The van der Waals surface area contributed by atoms with Gasteiger partial charge in [0.2, 0.25) is 0 Å². The highest BCUT2D eigenvalue weighted by molar-refractivity contribution is 5.81. The largest absolute Gasteiger partial charge is 0.481 e. The van der Waals surface area contributed by atoms with Crippen LogP contribution in [0.25, 0.3) is 0 Å². The number of carboxylic acids is 2. The first kappa shape index (κ1) is 12.7. The summed E-state index contributed by atoms with van der Waals surface area (Å²) in [5.41, 5.74) is 0. The van der Waals surface area contributed by atoms with Gasteiger partial charge in [-0.25, -0.2) is 17.6 Å². The summed E-state index contributed by atoms with van der Waals surface area (Å²) in [6.45, 7) is 0. The van der Waals surface area contributed by atoms with E-state index in [-0.39, 0.29) is 0 Å². The van der Waals surface area contributed by atoms with Crippen molar-refractivity contribution in [2.75, 3.05) is 0 Å². The number of carboxylic acid groups (broad SMARTS) is 2. The van der Waals surface area contributed by atoms with E-state index in [9.17, 15) is 27.2 Å². The first-order valence-corrected chi connectivity index (χ1v) is 4.31. The Morgan fingerprint density at radius 1 is 0.688 bits per heavy atom. The lowest BCUT2D eigenvalue weighted by Gasteiger charge is -2.35. The summed E-state index contributed by atoms with van der Waals surface area (Å²) in [5.74, 6) is -8.85. The van der Waals surface area contributed by atoms with Crippen LogP contribution in [0.4, 0.5) is 17.6 Å². The molecule has 0 saturated heterocycles. The van der Waals surface area contributed by atoms with Gasteiger partial charge in [0.1, 0.15) is 24.2 Å². The van der Waals surface area contributed by atoms with E-state index in [4.69, 9.17) is 10.2 Å². The standard InChI is InChI=1S/C8H8F4O4/c9-3-1(7(13)14)2(8(15)16)4(10)6(12)5(3)11/h1-6H,(H,13,14)(H,15,16). The summed E-state index contributed by atoms with van der Waals surface area (Å²) >= 11 is 0. The zero-order chi connectivity index (χ0) is 12.6. The molecule has 4 nitrogen and oxygen atoms in total. The number of hydrogen-bond acceptors (Lipinski definition) is 2. The van der Waals surface area contributed by atoms with E-state index in [0.29, 0.717) is 0 Å². The Labute approximate surface area is 86.9 Å². The highest BCUT2D eigenvalue weighted by atomic mass is 19.2. The first-order chi connectivity index (χ1) is 7.29. The molecule has 0 aromatic heterocycles. The summed E-state index contributed by atoms with van der Waals surface area (Å²) in [6.07, 6.45) is -11.7. The minimum absolute atomic E-state index is 2.00. The zero-order valence-electron chi connectivity index (χ0n) is 7.69. The molecule has 0 radical (unpaired) electrons. The molecule has 0 aromatic carbocycles. The van der Waals surface area contributed by atoms with Gasteiger partial charge in [-0.2, -0.15) is 0 Å². The number of alkyl halides is 4. The first-order valence-electron chi connectivity index (χ1n) is 4.31. The Balaban J connectivity index is 3.10. The summed E-state index contributed by atoms with van der Waals surface area (Å²) in [4.78, 5) is 21.0. The van der Waals surface area contributed by atoms with Crippen molar-refractivity contribution in [1.29, 1.82) is 0 Å². The van der Waals surface area contributed by atoms with Crippen molar-refractivity contribution in [3.63, 3.8) is 0 Å². The van der Waals surface area contributed by atoms with Gasteiger partial charge in [0.25, 0.3) is 0 Å². The molecule has 2 N–H and O–H groups in total. The van der Waals surface area contributed by atoms with Crippen LogP contribution in [0.5, 0.6) is 0 Å². The van der Waals surface area contributed by atoms with Crippen LogP contribution in [0.1, 0.15) is 0 Å². The van der Waals surface area contributed by atoms with E-state index in [1.54, 1.807) is 0 Å².